The smallest absolute Gasteiger partial charge is 0.412 e. The second kappa shape index (κ2) is 5.98. The van der Waals surface area contributed by atoms with Gasteiger partial charge in [-0.25, -0.2) is 0 Å². The molecule has 0 saturated heterocycles. The van der Waals surface area contributed by atoms with Crippen LogP contribution >= 0.6 is 0 Å². The number of H-pyrrole nitrogens is 1. The van der Waals surface area contributed by atoms with Gasteiger partial charge in [0.05, 0.1) is 0 Å². The van der Waals surface area contributed by atoms with Crippen molar-refractivity contribution in [1.29, 1.82) is 0 Å². The van der Waals surface area contributed by atoms with E-state index >= 15 is 0 Å². The van der Waals surface area contributed by atoms with Gasteiger partial charge in [-0.15, -0.1) is 0 Å². The molecule has 5 N–H and O–H groups in total. The summed E-state index contributed by atoms with van der Waals surface area (Å²) < 4.78 is 0.890. The van der Waals surface area contributed by atoms with Gasteiger partial charge in [0.1, 0.15) is 0 Å². The average Bonchev–Trinajstić information content (AvgIpc) is 2.54. The molecule has 0 aliphatic carbocycles. The van der Waals surface area contributed by atoms with E-state index in [1.807, 2.05) is 18.2 Å². The number of nitrogen functional groups attached to an aromatic ring is 1. The minimum absolute atomic E-state index is 0. The zero-order chi connectivity index (χ0) is 8.39. The van der Waals surface area contributed by atoms with Crippen LogP contribution in [0.2, 0.25) is 0 Å². The Kier molecular flexibility index (Phi) is 5.72. The number of aromatic amines is 1. The summed E-state index contributed by atoms with van der Waals surface area (Å²) in [7, 11) is 0. The molecule has 0 saturated carbocycles. The van der Waals surface area contributed by atoms with E-state index in [-0.39, 0.29) is 22.5 Å². The quantitative estimate of drug-likeness (QED) is 0.558. The maximum Gasteiger partial charge on any atom is -0.412 e. The second-order valence-corrected chi connectivity index (χ2v) is 4.42. The monoisotopic (exact) mass is 322 g/mol. The number of hydrogen-bond acceptors (Lipinski definition) is 1. The van der Waals surface area contributed by atoms with Crippen LogP contribution in [0, 0.1) is 0 Å². The third-order valence-electron chi connectivity index (χ3n) is 1.65. The normalized spacial score (nSPS) is 8.57. The minimum atomic E-state index is 0. The van der Waals surface area contributed by atoms with Gasteiger partial charge in [0.25, 0.3) is 0 Å². The molecule has 76 valence electrons. The van der Waals surface area contributed by atoms with Gasteiger partial charge in [0.2, 0.25) is 0 Å². The van der Waals surface area contributed by atoms with Crippen molar-refractivity contribution in [3.63, 3.8) is 0 Å². The molecule has 0 atom stereocenters. The summed E-state index contributed by atoms with van der Waals surface area (Å²) >= 11 is 0.325. The summed E-state index contributed by atoms with van der Waals surface area (Å²) in [6.45, 7) is 0. The van der Waals surface area contributed by atoms with Crippen LogP contribution in [0.5, 0.6) is 0 Å². The van der Waals surface area contributed by atoms with Crippen molar-refractivity contribution in [3.8, 4) is 11.3 Å². The van der Waals surface area contributed by atoms with E-state index in [0.717, 1.165) is 10.4 Å². The standard InChI is InChI=1S/C9H8N2Se.BrH.H2O/c10-9-11-8(6-12-9)7-4-2-1-3-5-7;;/h1-6H,(H2,10,11);1H;1H2. The molecule has 1 aromatic heterocycles. The molecular formula is C9H11BrN2OSe. The van der Waals surface area contributed by atoms with Gasteiger partial charge < -0.3 is 22.5 Å². The van der Waals surface area contributed by atoms with Gasteiger partial charge in [0, 0.05) is 0 Å². The topological polar surface area (TPSA) is 71.7 Å². The molecule has 0 spiro atoms. The van der Waals surface area contributed by atoms with Crippen molar-refractivity contribution in [1.82, 2.24) is 0 Å². The Bertz CT molecular complexity index is 377. The second-order valence-electron chi connectivity index (χ2n) is 2.50. The van der Waals surface area contributed by atoms with E-state index in [1.165, 1.54) is 5.56 Å². The van der Waals surface area contributed by atoms with E-state index in [4.69, 9.17) is 5.73 Å². The predicted octanol–water partition coefficient (Wildman–Crippen LogP) is -3.01. The van der Waals surface area contributed by atoms with Crippen molar-refractivity contribution in [3.05, 3.63) is 35.3 Å². The molecule has 1 aromatic carbocycles. The van der Waals surface area contributed by atoms with Gasteiger partial charge in [-0.05, 0) is 0 Å². The van der Waals surface area contributed by atoms with Crippen molar-refractivity contribution < 1.29 is 27.4 Å². The van der Waals surface area contributed by atoms with Crippen molar-refractivity contribution in [2.45, 2.75) is 0 Å². The molecule has 0 amide bonds. The zero-order valence-electron chi connectivity index (χ0n) is 7.33. The molecule has 3 nitrogen and oxygen atoms in total. The third kappa shape index (κ3) is 2.96. The summed E-state index contributed by atoms with van der Waals surface area (Å²) in [5, 5.41) is 0. The number of benzene rings is 1. The number of aromatic nitrogens is 1. The zero-order valence-corrected chi connectivity index (χ0v) is 10.6. The maximum atomic E-state index is 5.64. The molecule has 5 heteroatoms. The number of halogens is 1. The van der Waals surface area contributed by atoms with Crippen LogP contribution in [0.25, 0.3) is 11.3 Å². The SMILES string of the molecule is Nc1[nH+]c(-c2ccccc2)c[se]1.O.[Br-]. The summed E-state index contributed by atoms with van der Waals surface area (Å²) in [4.78, 5) is 5.32. The maximum absolute atomic E-state index is 5.64. The molecule has 0 aliphatic rings. The third-order valence-corrected chi connectivity index (χ3v) is 3.14. The molecular weight excluding hydrogens is 311 g/mol. The fourth-order valence-electron chi connectivity index (χ4n) is 1.07. The van der Waals surface area contributed by atoms with Gasteiger partial charge in [-0.3, -0.25) is 0 Å². The Balaban J connectivity index is 0.000000845. The number of rotatable bonds is 1. The van der Waals surface area contributed by atoms with E-state index < -0.39 is 0 Å². The molecule has 0 radical (unpaired) electrons. The van der Waals surface area contributed by atoms with Gasteiger partial charge in [0.15, 0.2) is 0 Å². The van der Waals surface area contributed by atoms with E-state index in [0.29, 0.717) is 14.5 Å². The molecule has 0 fully saturated rings. The number of hydrogen-bond donors (Lipinski definition) is 1. The summed E-state index contributed by atoms with van der Waals surface area (Å²) in [6.07, 6.45) is 0. The van der Waals surface area contributed by atoms with Crippen molar-refractivity contribution in [2.24, 2.45) is 0 Å². The van der Waals surface area contributed by atoms with Gasteiger partial charge in [-0.2, -0.15) is 0 Å². The van der Waals surface area contributed by atoms with Crippen LogP contribution in [0.3, 0.4) is 0 Å². The van der Waals surface area contributed by atoms with E-state index in [1.54, 1.807) is 0 Å². The van der Waals surface area contributed by atoms with Crippen LogP contribution in [-0.2, 0) is 0 Å². The average molecular weight is 322 g/mol. The van der Waals surface area contributed by atoms with E-state index in [2.05, 4.69) is 22.1 Å². The summed E-state index contributed by atoms with van der Waals surface area (Å²) in [6, 6.07) is 10.2. The summed E-state index contributed by atoms with van der Waals surface area (Å²) in [5.41, 5.74) is 8.00. The number of anilines is 1. The van der Waals surface area contributed by atoms with Crippen LogP contribution in [0.15, 0.2) is 35.3 Å². The largest absolute Gasteiger partial charge is 1.00 e. The first-order valence-corrected chi connectivity index (χ1v) is 5.52. The number of nitrogens with two attached hydrogens (primary N) is 1. The molecule has 0 aliphatic heterocycles. The molecule has 0 unspecified atom stereocenters. The summed E-state index contributed by atoms with van der Waals surface area (Å²) in [5.74, 6) is 0. The predicted molar refractivity (Wildman–Crippen MR) is 53.4 cm³/mol. The van der Waals surface area contributed by atoms with Crippen LogP contribution in [-0.4, -0.2) is 20.0 Å². The first kappa shape index (κ1) is 13.4. The van der Waals surface area contributed by atoms with Gasteiger partial charge in [-0.1, -0.05) is 0 Å². The van der Waals surface area contributed by atoms with Crippen molar-refractivity contribution >= 4 is 19.2 Å². The Morgan fingerprint density at radius 2 is 1.79 bits per heavy atom. The fourth-order valence-corrected chi connectivity index (χ4v) is 2.35. The van der Waals surface area contributed by atoms with Crippen molar-refractivity contribution in [2.75, 3.05) is 5.73 Å². The molecule has 14 heavy (non-hydrogen) atoms. The first-order chi connectivity index (χ1) is 5.86. The van der Waals surface area contributed by atoms with Crippen LogP contribution in [0.4, 0.5) is 4.69 Å². The minimum Gasteiger partial charge on any atom is -1.00 e. The number of nitrogens with one attached hydrogen (secondary N) is 1. The Morgan fingerprint density at radius 3 is 2.29 bits per heavy atom. The van der Waals surface area contributed by atoms with Crippen LogP contribution in [0.1, 0.15) is 0 Å². The van der Waals surface area contributed by atoms with E-state index in [9.17, 15) is 0 Å². The molecule has 2 rings (SSSR count). The molecule has 1 heterocycles. The Hall–Kier alpha value is -0.611. The Morgan fingerprint density at radius 1 is 1.14 bits per heavy atom. The first-order valence-electron chi connectivity index (χ1n) is 3.68. The van der Waals surface area contributed by atoms with Crippen LogP contribution < -0.4 is 27.7 Å². The van der Waals surface area contributed by atoms with Gasteiger partial charge >= 0.3 is 76.4 Å². The fraction of sp³-hybridized carbons (Fsp3) is 0. The molecule has 0 bridgehead atoms. The Labute approximate surface area is 98.8 Å². The molecule has 2 aromatic rings.